The third-order valence-electron chi connectivity index (χ3n) is 2.64. The molecule has 0 N–H and O–H groups in total. The van der Waals surface area contributed by atoms with E-state index in [4.69, 9.17) is 0 Å². The zero-order chi connectivity index (χ0) is 8.93. The van der Waals surface area contributed by atoms with Crippen molar-refractivity contribution in [1.82, 2.24) is 9.55 Å². The van der Waals surface area contributed by atoms with E-state index in [1.807, 2.05) is 18.7 Å². The van der Waals surface area contributed by atoms with Crippen LogP contribution in [0.2, 0.25) is 0 Å². The van der Waals surface area contributed by atoms with Gasteiger partial charge in [-0.25, -0.2) is 4.98 Å². The fourth-order valence-corrected chi connectivity index (χ4v) is 1.82. The van der Waals surface area contributed by atoms with Gasteiger partial charge in [0.05, 0.1) is 6.33 Å². The van der Waals surface area contributed by atoms with Crippen molar-refractivity contribution in [2.45, 2.75) is 38.6 Å². The van der Waals surface area contributed by atoms with Crippen molar-refractivity contribution in [3.63, 3.8) is 0 Å². The molecule has 0 atom stereocenters. The van der Waals surface area contributed by atoms with Crippen LogP contribution in [0.1, 0.15) is 32.1 Å². The van der Waals surface area contributed by atoms with Crippen molar-refractivity contribution in [3.8, 4) is 0 Å². The molecule has 1 heterocycles. The summed E-state index contributed by atoms with van der Waals surface area (Å²) in [5.41, 5.74) is 1.64. The van der Waals surface area contributed by atoms with Gasteiger partial charge in [0.2, 0.25) is 0 Å². The Kier molecular flexibility index (Phi) is 2.80. The van der Waals surface area contributed by atoms with Crippen molar-refractivity contribution in [1.29, 1.82) is 0 Å². The maximum atomic E-state index is 4.03. The Morgan fingerprint density at radius 3 is 3.08 bits per heavy atom. The number of nitrogens with zero attached hydrogens (tertiary/aromatic N) is 2. The topological polar surface area (TPSA) is 17.8 Å². The Labute approximate surface area is 79.3 Å². The first-order chi connectivity index (χ1) is 6.45. The highest BCUT2D eigenvalue weighted by Gasteiger charge is 2.02. The zero-order valence-electron chi connectivity index (χ0n) is 7.95. The first kappa shape index (κ1) is 8.54. The highest BCUT2D eigenvalue weighted by Crippen LogP contribution is 2.20. The van der Waals surface area contributed by atoms with Crippen LogP contribution in [0, 0.1) is 0 Å². The molecule has 1 aromatic rings. The van der Waals surface area contributed by atoms with E-state index in [2.05, 4.69) is 15.6 Å². The van der Waals surface area contributed by atoms with Gasteiger partial charge in [0.15, 0.2) is 0 Å². The largest absolute Gasteiger partial charge is 0.337 e. The molecule has 0 radical (unpaired) electrons. The summed E-state index contributed by atoms with van der Waals surface area (Å²) in [6.07, 6.45) is 14.8. The van der Waals surface area contributed by atoms with Crippen molar-refractivity contribution in [2.75, 3.05) is 0 Å². The van der Waals surface area contributed by atoms with Gasteiger partial charge in [-0.05, 0) is 32.1 Å². The average molecular weight is 176 g/mol. The minimum Gasteiger partial charge on any atom is -0.337 e. The molecule has 1 aliphatic carbocycles. The maximum absolute atomic E-state index is 4.03. The van der Waals surface area contributed by atoms with Gasteiger partial charge in [0.1, 0.15) is 0 Å². The molecule has 13 heavy (non-hydrogen) atoms. The third kappa shape index (κ3) is 2.44. The van der Waals surface area contributed by atoms with Gasteiger partial charge in [-0.3, -0.25) is 0 Å². The van der Waals surface area contributed by atoms with Crippen LogP contribution in [-0.4, -0.2) is 9.55 Å². The molecule has 0 saturated heterocycles. The van der Waals surface area contributed by atoms with E-state index < -0.39 is 0 Å². The van der Waals surface area contributed by atoms with Crippen LogP contribution < -0.4 is 0 Å². The molecule has 0 spiro atoms. The lowest BCUT2D eigenvalue weighted by Crippen LogP contribution is -1.99. The molecule has 0 unspecified atom stereocenters. The van der Waals surface area contributed by atoms with Crippen molar-refractivity contribution >= 4 is 0 Å². The van der Waals surface area contributed by atoms with Gasteiger partial charge >= 0.3 is 0 Å². The summed E-state index contributed by atoms with van der Waals surface area (Å²) < 4.78 is 2.15. The number of allylic oxidation sites excluding steroid dienone is 2. The van der Waals surface area contributed by atoms with Crippen LogP contribution in [0.15, 0.2) is 30.4 Å². The lowest BCUT2D eigenvalue weighted by atomic mass is 9.97. The van der Waals surface area contributed by atoms with Gasteiger partial charge in [0.25, 0.3) is 0 Å². The molecule has 70 valence electrons. The van der Waals surface area contributed by atoms with E-state index in [9.17, 15) is 0 Å². The normalized spacial score (nSPS) is 17.1. The summed E-state index contributed by atoms with van der Waals surface area (Å²) in [7, 11) is 0. The number of hydrogen-bond acceptors (Lipinski definition) is 1. The van der Waals surface area contributed by atoms with E-state index in [1.165, 1.54) is 32.1 Å². The minimum atomic E-state index is 1.09. The summed E-state index contributed by atoms with van der Waals surface area (Å²) in [6, 6.07) is 0. The standard InChI is InChI=1S/C11H16N2/c1-2-4-11(5-3-1)6-8-13-9-7-12-10-13/h4,7,9-10H,1-3,5-6,8H2. The Balaban J connectivity index is 1.82. The zero-order valence-corrected chi connectivity index (χ0v) is 7.95. The van der Waals surface area contributed by atoms with E-state index in [1.54, 1.807) is 5.57 Å². The monoisotopic (exact) mass is 176 g/mol. The van der Waals surface area contributed by atoms with Crippen LogP contribution in [0.4, 0.5) is 0 Å². The molecule has 0 amide bonds. The molecule has 2 heteroatoms. The van der Waals surface area contributed by atoms with Crippen molar-refractivity contribution in [2.24, 2.45) is 0 Å². The molecule has 1 aromatic heterocycles. The summed E-state index contributed by atoms with van der Waals surface area (Å²) in [4.78, 5) is 4.03. The molecule has 2 nitrogen and oxygen atoms in total. The van der Waals surface area contributed by atoms with Crippen LogP contribution >= 0.6 is 0 Å². The summed E-state index contributed by atoms with van der Waals surface area (Å²) in [6.45, 7) is 1.09. The smallest absolute Gasteiger partial charge is 0.0946 e. The second-order valence-corrected chi connectivity index (χ2v) is 3.66. The minimum absolute atomic E-state index is 1.09. The van der Waals surface area contributed by atoms with Gasteiger partial charge < -0.3 is 4.57 Å². The van der Waals surface area contributed by atoms with E-state index >= 15 is 0 Å². The Bertz CT molecular complexity index is 272. The number of hydrogen-bond donors (Lipinski definition) is 0. The predicted molar refractivity (Wildman–Crippen MR) is 53.4 cm³/mol. The molecule has 0 aliphatic heterocycles. The molecule has 0 bridgehead atoms. The van der Waals surface area contributed by atoms with E-state index in [0.29, 0.717) is 0 Å². The fraction of sp³-hybridized carbons (Fsp3) is 0.545. The first-order valence-corrected chi connectivity index (χ1v) is 5.09. The Morgan fingerprint density at radius 2 is 2.38 bits per heavy atom. The van der Waals surface area contributed by atoms with Crippen molar-refractivity contribution in [3.05, 3.63) is 30.4 Å². The summed E-state index contributed by atoms with van der Waals surface area (Å²) in [5.74, 6) is 0. The second kappa shape index (κ2) is 4.26. The van der Waals surface area contributed by atoms with E-state index in [0.717, 1.165) is 6.54 Å². The maximum Gasteiger partial charge on any atom is 0.0946 e. The molecular formula is C11H16N2. The quantitative estimate of drug-likeness (QED) is 0.647. The molecule has 0 fully saturated rings. The highest BCUT2D eigenvalue weighted by molar-refractivity contribution is 5.04. The third-order valence-corrected chi connectivity index (χ3v) is 2.64. The SMILES string of the molecule is C1=C(CCn2ccnc2)CCCC1. The van der Waals surface area contributed by atoms with Gasteiger partial charge in [-0.2, -0.15) is 0 Å². The lowest BCUT2D eigenvalue weighted by molar-refractivity contribution is 0.625. The molecule has 0 aromatic carbocycles. The van der Waals surface area contributed by atoms with Crippen LogP contribution in [0.3, 0.4) is 0 Å². The van der Waals surface area contributed by atoms with Crippen LogP contribution in [0.5, 0.6) is 0 Å². The lowest BCUT2D eigenvalue weighted by Gasteiger charge is -2.12. The van der Waals surface area contributed by atoms with Crippen LogP contribution in [0.25, 0.3) is 0 Å². The Hall–Kier alpha value is -1.05. The van der Waals surface area contributed by atoms with Crippen molar-refractivity contribution < 1.29 is 0 Å². The van der Waals surface area contributed by atoms with E-state index in [-0.39, 0.29) is 0 Å². The Morgan fingerprint density at radius 1 is 1.38 bits per heavy atom. The average Bonchev–Trinajstić information content (AvgIpc) is 2.69. The summed E-state index contributed by atoms with van der Waals surface area (Å²) >= 11 is 0. The molecule has 1 aliphatic rings. The summed E-state index contributed by atoms with van der Waals surface area (Å²) in [5, 5.41) is 0. The van der Waals surface area contributed by atoms with Gasteiger partial charge in [0, 0.05) is 18.9 Å². The van der Waals surface area contributed by atoms with Gasteiger partial charge in [-0.15, -0.1) is 0 Å². The number of imidazole rings is 1. The van der Waals surface area contributed by atoms with Gasteiger partial charge in [-0.1, -0.05) is 11.6 Å². The van der Waals surface area contributed by atoms with Crippen LogP contribution in [-0.2, 0) is 6.54 Å². The number of aromatic nitrogens is 2. The molecular weight excluding hydrogens is 160 g/mol. The predicted octanol–water partition coefficient (Wildman–Crippen LogP) is 2.77. The number of aryl methyl sites for hydroxylation is 1. The number of rotatable bonds is 3. The highest BCUT2D eigenvalue weighted by atomic mass is 15.0. The molecule has 2 rings (SSSR count). The first-order valence-electron chi connectivity index (χ1n) is 5.09. The molecule has 0 saturated carbocycles. The fourth-order valence-electron chi connectivity index (χ4n) is 1.82. The second-order valence-electron chi connectivity index (χ2n) is 3.66.